The van der Waals surface area contributed by atoms with Gasteiger partial charge in [0.2, 0.25) is 11.8 Å². The summed E-state index contributed by atoms with van der Waals surface area (Å²) in [6.07, 6.45) is 0. The number of ether oxygens (including phenoxy) is 3. The van der Waals surface area contributed by atoms with Gasteiger partial charge in [-0.15, -0.1) is 0 Å². The van der Waals surface area contributed by atoms with Crippen molar-refractivity contribution < 1.29 is 33.4 Å². The molecule has 2 amide bonds. The normalized spacial score (nSPS) is 16.9. The highest BCUT2D eigenvalue weighted by Crippen LogP contribution is 2.40. The molecule has 1 aliphatic heterocycles. The largest absolute Gasteiger partial charge is 0.495 e. The Morgan fingerprint density at radius 3 is 2.36 bits per heavy atom. The van der Waals surface area contributed by atoms with E-state index in [0.717, 1.165) is 18.9 Å². The molecular weight excluding hydrogens is 486 g/mol. The molecule has 0 saturated heterocycles. The number of carbonyl (C=O) groups is 4. The lowest BCUT2D eigenvalue weighted by Crippen LogP contribution is -2.44. The molecule has 0 radical (unpaired) electrons. The number of para-hydroxylation sites is 2. The van der Waals surface area contributed by atoms with Gasteiger partial charge in [0.25, 0.3) is 0 Å². The Labute approximate surface area is 211 Å². The molecule has 10 nitrogen and oxygen atoms in total. The molecule has 1 aliphatic rings. The second-order valence-electron chi connectivity index (χ2n) is 7.47. The van der Waals surface area contributed by atoms with Gasteiger partial charge in [0.05, 0.1) is 55.0 Å². The van der Waals surface area contributed by atoms with Gasteiger partial charge in [0, 0.05) is 5.92 Å². The molecule has 0 saturated carbocycles. The fourth-order valence-electron chi connectivity index (χ4n) is 3.70. The van der Waals surface area contributed by atoms with Crippen LogP contribution in [-0.2, 0) is 23.9 Å². The molecule has 186 valence electrons. The number of esters is 2. The first-order valence-corrected chi connectivity index (χ1v) is 11.6. The van der Waals surface area contributed by atoms with Gasteiger partial charge in [0.15, 0.2) is 0 Å². The van der Waals surface area contributed by atoms with Crippen LogP contribution in [0.5, 0.6) is 5.75 Å². The first-order valence-electron chi connectivity index (χ1n) is 10.6. The zero-order valence-electron chi connectivity index (χ0n) is 19.7. The van der Waals surface area contributed by atoms with Gasteiger partial charge in [-0.05, 0) is 29.8 Å². The lowest BCUT2D eigenvalue weighted by atomic mass is 9.78. The van der Waals surface area contributed by atoms with E-state index in [9.17, 15) is 24.4 Å². The molecule has 2 aromatic carbocycles. The Hall–Kier alpha value is -4.30. The number of nitrogens with zero attached hydrogens (tertiary/aromatic N) is 1. The van der Waals surface area contributed by atoms with Gasteiger partial charge in [-0.25, -0.2) is 4.79 Å². The lowest BCUT2D eigenvalue weighted by molar-refractivity contribution is -0.150. The van der Waals surface area contributed by atoms with Crippen LogP contribution in [0.3, 0.4) is 0 Å². The number of carbonyl (C=O) groups excluding carboxylic acids is 4. The first-order chi connectivity index (χ1) is 17.3. The quantitative estimate of drug-likeness (QED) is 0.405. The van der Waals surface area contributed by atoms with E-state index in [1.165, 1.54) is 26.4 Å². The van der Waals surface area contributed by atoms with Gasteiger partial charge in [-0.1, -0.05) is 36.0 Å². The highest BCUT2D eigenvalue weighted by Gasteiger charge is 2.44. The van der Waals surface area contributed by atoms with Crippen molar-refractivity contribution in [2.24, 2.45) is 5.92 Å². The average Bonchev–Trinajstić information content (AvgIpc) is 2.90. The molecule has 1 heterocycles. The zero-order chi connectivity index (χ0) is 26.2. The maximum Gasteiger partial charge on any atom is 0.337 e. The van der Waals surface area contributed by atoms with E-state index in [0.29, 0.717) is 17.0 Å². The fourth-order valence-corrected chi connectivity index (χ4v) is 4.54. The van der Waals surface area contributed by atoms with Crippen molar-refractivity contribution in [3.8, 4) is 11.8 Å². The summed E-state index contributed by atoms with van der Waals surface area (Å²) in [4.78, 5) is 49.8. The predicted octanol–water partition coefficient (Wildman–Crippen LogP) is 2.59. The summed E-state index contributed by atoms with van der Waals surface area (Å²) in [5, 5.41) is 15.4. The molecule has 2 atom stereocenters. The van der Waals surface area contributed by atoms with Crippen molar-refractivity contribution in [2.75, 3.05) is 32.4 Å². The standard InChI is InChI=1S/C25H23N3O7S/c1-33-18-7-5-4-6-17(18)27-19(29)13-36-23-16(12-26)20(21(22(30)28-23)25(32)35-3)14-8-10-15(11-9-14)24(31)34-2/h4-11,20-21H,13H2,1-3H3,(H,27,29)(H,28,30)/t20-,21-/m1/s1. The number of methoxy groups -OCH3 is 3. The minimum atomic E-state index is -1.33. The van der Waals surface area contributed by atoms with Gasteiger partial charge in [0.1, 0.15) is 11.7 Å². The highest BCUT2D eigenvalue weighted by atomic mass is 32.2. The van der Waals surface area contributed by atoms with E-state index in [1.54, 1.807) is 36.4 Å². The van der Waals surface area contributed by atoms with Crippen LogP contribution in [0, 0.1) is 17.2 Å². The highest BCUT2D eigenvalue weighted by molar-refractivity contribution is 8.03. The van der Waals surface area contributed by atoms with Crippen LogP contribution in [0.1, 0.15) is 21.8 Å². The lowest BCUT2D eigenvalue weighted by Gasteiger charge is -2.31. The summed E-state index contributed by atoms with van der Waals surface area (Å²) in [6.45, 7) is 0. The fraction of sp³-hybridized carbons (Fsp3) is 0.240. The van der Waals surface area contributed by atoms with Gasteiger partial charge in [-0.3, -0.25) is 14.4 Å². The maximum atomic E-state index is 12.9. The molecule has 0 spiro atoms. The van der Waals surface area contributed by atoms with Crippen molar-refractivity contribution in [3.05, 3.63) is 70.3 Å². The van der Waals surface area contributed by atoms with Crippen LogP contribution in [0.25, 0.3) is 0 Å². The summed E-state index contributed by atoms with van der Waals surface area (Å²) in [5.41, 5.74) is 1.27. The second kappa shape index (κ2) is 11.9. The number of amides is 2. The molecule has 2 N–H and O–H groups in total. The Morgan fingerprint density at radius 2 is 1.75 bits per heavy atom. The molecule has 0 unspecified atom stereocenters. The summed E-state index contributed by atoms with van der Waals surface area (Å²) in [7, 11) is 3.88. The molecule has 0 bridgehead atoms. The molecule has 3 rings (SSSR count). The molecule has 0 aliphatic carbocycles. The Morgan fingerprint density at radius 1 is 1.06 bits per heavy atom. The third-order valence-electron chi connectivity index (χ3n) is 5.40. The van der Waals surface area contributed by atoms with Crippen LogP contribution in [0.4, 0.5) is 5.69 Å². The SMILES string of the molecule is COC(=O)c1ccc([C@@H]2C(C#N)=C(SCC(=O)Nc3ccccc3OC)NC(=O)[C@@H]2C(=O)OC)cc1. The number of rotatable bonds is 8. The van der Waals surface area contributed by atoms with E-state index in [2.05, 4.69) is 16.7 Å². The zero-order valence-corrected chi connectivity index (χ0v) is 20.5. The molecular formula is C25H23N3O7S. The van der Waals surface area contributed by atoms with Crippen LogP contribution in [0.2, 0.25) is 0 Å². The summed E-state index contributed by atoms with van der Waals surface area (Å²) < 4.78 is 14.7. The minimum Gasteiger partial charge on any atom is -0.495 e. The monoisotopic (exact) mass is 509 g/mol. The first kappa shape index (κ1) is 26.3. The van der Waals surface area contributed by atoms with Gasteiger partial charge in [-0.2, -0.15) is 5.26 Å². The number of anilines is 1. The summed E-state index contributed by atoms with van der Waals surface area (Å²) in [6, 6.07) is 15.0. The predicted molar refractivity (Wildman–Crippen MR) is 131 cm³/mol. The van der Waals surface area contributed by atoms with Crippen molar-refractivity contribution in [3.63, 3.8) is 0 Å². The Balaban J connectivity index is 1.91. The Kier molecular flexibility index (Phi) is 8.70. The van der Waals surface area contributed by atoms with Crippen LogP contribution in [0.15, 0.2) is 59.1 Å². The number of allylic oxidation sites excluding steroid dienone is 1. The van der Waals surface area contributed by atoms with Crippen LogP contribution in [-0.4, -0.2) is 50.8 Å². The summed E-state index contributed by atoms with van der Waals surface area (Å²) >= 11 is 0.952. The van der Waals surface area contributed by atoms with Crippen LogP contribution >= 0.6 is 11.8 Å². The number of nitrogens with one attached hydrogen (secondary N) is 2. The van der Waals surface area contributed by atoms with Crippen LogP contribution < -0.4 is 15.4 Å². The average molecular weight is 510 g/mol. The van der Waals surface area contributed by atoms with E-state index in [4.69, 9.17) is 14.2 Å². The Bertz CT molecular complexity index is 1250. The number of benzene rings is 2. The second-order valence-corrected chi connectivity index (χ2v) is 8.46. The maximum absolute atomic E-state index is 12.9. The number of thioether (sulfide) groups is 1. The van der Waals surface area contributed by atoms with Crippen molar-refractivity contribution in [2.45, 2.75) is 5.92 Å². The van der Waals surface area contributed by atoms with E-state index >= 15 is 0 Å². The molecule has 0 aromatic heterocycles. The van der Waals surface area contributed by atoms with E-state index < -0.39 is 35.6 Å². The van der Waals surface area contributed by atoms with Crippen molar-refractivity contribution in [1.29, 1.82) is 5.26 Å². The number of hydrogen-bond acceptors (Lipinski definition) is 9. The van der Waals surface area contributed by atoms with Crippen molar-refractivity contribution >= 4 is 41.2 Å². The van der Waals surface area contributed by atoms with E-state index in [-0.39, 0.29) is 21.9 Å². The molecule has 0 fully saturated rings. The number of hydrogen-bond donors (Lipinski definition) is 2. The molecule has 2 aromatic rings. The topological polar surface area (TPSA) is 144 Å². The summed E-state index contributed by atoms with van der Waals surface area (Å²) in [5.74, 6) is -4.40. The smallest absolute Gasteiger partial charge is 0.337 e. The van der Waals surface area contributed by atoms with Gasteiger partial charge >= 0.3 is 11.9 Å². The minimum absolute atomic E-state index is 0.0888. The third kappa shape index (κ3) is 5.67. The molecule has 11 heteroatoms. The number of nitriles is 1. The molecule has 36 heavy (non-hydrogen) atoms. The van der Waals surface area contributed by atoms with E-state index in [1.807, 2.05) is 0 Å². The van der Waals surface area contributed by atoms with Gasteiger partial charge < -0.3 is 24.8 Å². The third-order valence-corrected chi connectivity index (χ3v) is 6.42. The van der Waals surface area contributed by atoms with Crippen molar-refractivity contribution in [1.82, 2.24) is 5.32 Å².